The lowest BCUT2D eigenvalue weighted by Crippen LogP contribution is -2.75. The molecule has 0 unspecified atom stereocenters. The van der Waals surface area contributed by atoms with Crippen LogP contribution in [0.4, 0.5) is 22.0 Å². The van der Waals surface area contributed by atoms with Crippen LogP contribution in [-0.2, 0) is 17.5 Å². The monoisotopic (exact) mass is 556 g/mol. The maximum Gasteiger partial charge on any atom is 0.416 e. The highest BCUT2D eigenvalue weighted by Crippen LogP contribution is 2.69. The van der Waals surface area contributed by atoms with Gasteiger partial charge in [-0.3, -0.25) is 9.59 Å². The van der Waals surface area contributed by atoms with Gasteiger partial charge in [-0.25, -0.2) is 13.5 Å². The number of aliphatic carboxylic acids is 1. The van der Waals surface area contributed by atoms with Gasteiger partial charge in [0.2, 0.25) is 0 Å². The number of carboxylic acid groups (broad SMARTS) is 1. The van der Waals surface area contributed by atoms with Crippen LogP contribution in [0.1, 0.15) is 47.2 Å². The van der Waals surface area contributed by atoms with Gasteiger partial charge < -0.3 is 10.4 Å². The second-order valence-corrected chi connectivity index (χ2v) is 10.8. The van der Waals surface area contributed by atoms with Crippen molar-refractivity contribution in [3.8, 4) is 11.1 Å². The zero-order chi connectivity index (χ0) is 28.4. The maximum absolute atomic E-state index is 14.7. The minimum absolute atomic E-state index is 0.00599. The van der Waals surface area contributed by atoms with E-state index in [2.05, 4.69) is 15.6 Å². The van der Waals surface area contributed by atoms with E-state index in [-0.39, 0.29) is 46.1 Å². The fourth-order valence-electron chi connectivity index (χ4n) is 6.20. The molecule has 1 amide bonds. The van der Waals surface area contributed by atoms with Crippen molar-refractivity contribution in [1.29, 1.82) is 0 Å². The van der Waals surface area contributed by atoms with Crippen LogP contribution < -0.4 is 5.32 Å². The van der Waals surface area contributed by atoms with E-state index in [1.54, 1.807) is 0 Å². The van der Waals surface area contributed by atoms with Gasteiger partial charge in [0.05, 0.1) is 24.1 Å². The molecular formula is C28H21F5N4O3. The first-order valence-corrected chi connectivity index (χ1v) is 12.4. The van der Waals surface area contributed by atoms with E-state index in [0.29, 0.717) is 24.8 Å². The zero-order valence-corrected chi connectivity index (χ0v) is 20.7. The number of nitrogens with one attached hydrogen (secondary N) is 1. The first-order valence-electron chi connectivity index (χ1n) is 12.4. The van der Waals surface area contributed by atoms with Crippen molar-refractivity contribution in [3.05, 3.63) is 82.9 Å². The van der Waals surface area contributed by atoms with Gasteiger partial charge in [0.25, 0.3) is 5.91 Å². The predicted octanol–water partition coefficient (Wildman–Crippen LogP) is 5.57. The van der Waals surface area contributed by atoms with E-state index in [0.717, 1.165) is 24.3 Å². The summed E-state index contributed by atoms with van der Waals surface area (Å²) in [6, 6.07) is 10.5. The van der Waals surface area contributed by atoms with Crippen molar-refractivity contribution in [1.82, 2.24) is 20.3 Å². The maximum atomic E-state index is 14.7. The fourth-order valence-corrected chi connectivity index (χ4v) is 6.20. The minimum atomic E-state index is -4.49. The van der Waals surface area contributed by atoms with E-state index in [4.69, 9.17) is 5.11 Å². The van der Waals surface area contributed by atoms with Crippen LogP contribution in [0, 0.1) is 17.0 Å². The molecule has 0 saturated heterocycles. The number of hydrogen-bond donors (Lipinski definition) is 2. The molecular weight excluding hydrogens is 535 g/mol. The Hall–Kier alpha value is -4.35. The smallest absolute Gasteiger partial charge is 0.416 e. The van der Waals surface area contributed by atoms with Gasteiger partial charge in [-0.15, -0.1) is 5.10 Å². The first-order chi connectivity index (χ1) is 18.9. The topological polar surface area (TPSA) is 97.1 Å². The molecule has 206 valence electrons. The van der Waals surface area contributed by atoms with Crippen LogP contribution in [0.25, 0.3) is 22.2 Å². The normalized spacial score (nSPS) is 21.5. The van der Waals surface area contributed by atoms with Crippen molar-refractivity contribution in [3.63, 3.8) is 0 Å². The second-order valence-electron chi connectivity index (χ2n) is 10.8. The Labute approximate surface area is 223 Å². The average molecular weight is 556 g/mol. The van der Waals surface area contributed by atoms with E-state index in [1.807, 2.05) is 0 Å². The Morgan fingerprint density at radius 1 is 1.00 bits per heavy atom. The number of hydrogen-bond acceptors (Lipinski definition) is 4. The Morgan fingerprint density at radius 3 is 2.33 bits per heavy atom. The molecule has 0 aliphatic heterocycles. The SMILES string of the molecule is O=C(O)CC12CC(NC(=O)c3cc(-c4ccc(F)cc4F)cc4nnn(Cc5ccc(C(F)(F)F)cc5)c34)(C1)C2. The highest BCUT2D eigenvalue weighted by Gasteiger charge is 2.68. The van der Waals surface area contributed by atoms with Crippen LogP contribution in [0.5, 0.6) is 0 Å². The van der Waals surface area contributed by atoms with Crippen LogP contribution in [0.15, 0.2) is 54.6 Å². The number of amides is 1. The number of alkyl halides is 3. The van der Waals surface area contributed by atoms with Gasteiger partial charge >= 0.3 is 12.1 Å². The molecule has 3 saturated carbocycles. The third-order valence-corrected chi connectivity index (χ3v) is 7.75. The van der Waals surface area contributed by atoms with Gasteiger partial charge in [0, 0.05) is 17.2 Å². The highest BCUT2D eigenvalue weighted by atomic mass is 19.4. The van der Waals surface area contributed by atoms with Gasteiger partial charge in [0.15, 0.2) is 0 Å². The molecule has 0 spiro atoms. The summed E-state index contributed by atoms with van der Waals surface area (Å²) in [7, 11) is 0. The molecule has 0 radical (unpaired) electrons. The number of nitrogens with zero attached hydrogens (tertiary/aromatic N) is 3. The molecule has 0 atom stereocenters. The van der Waals surface area contributed by atoms with Crippen molar-refractivity contribution in [2.75, 3.05) is 0 Å². The molecule has 3 fully saturated rings. The van der Waals surface area contributed by atoms with Crippen molar-refractivity contribution in [2.45, 2.75) is 43.9 Å². The molecule has 7 rings (SSSR count). The number of carbonyl (C=O) groups excluding carboxylic acids is 1. The quantitative estimate of drug-likeness (QED) is 0.290. The first kappa shape index (κ1) is 25.9. The summed E-state index contributed by atoms with van der Waals surface area (Å²) in [5.74, 6) is -3.00. The number of halogens is 5. The minimum Gasteiger partial charge on any atom is -0.481 e. The summed E-state index contributed by atoms with van der Waals surface area (Å²) in [5.41, 5.74) is -0.253. The van der Waals surface area contributed by atoms with E-state index < -0.39 is 40.8 Å². The molecule has 2 N–H and O–H groups in total. The van der Waals surface area contributed by atoms with Crippen LogP contribution in [-0.4, -0.2) is 37.5 Å². The number of carbonyl (C=O) groups is 2. The van der Waals surface area contributed by atoms with Crippen molar-refractivity contribution in [2.24, 2.45) is 5.41 Å². The number of fused-ring (bicyclic) bond motifs is 1. The largest absolute Gasteiger partial charge is 0.481 e. The zero-order valence-electron chi connectivity index (χ0n) is 20.7. The van der Waals surface area contributed by atoms with Gasteiger partial charge in [0.1, 0.15) is 22.7 Å². The molecule has 1 heterocycles. The summed E-state index contributed by atoms with van der Waals surface area (Å²) >= 11 is 0. The number of carboxylic acids is 1. The van der Waals surface area contributed by atoms with Crippen molar-refractivity contribution < 1.29 is 36.6 Å². The third-order valence-electron chi connectivity index (χ3n) is 7.75. The van der Waals surface area contributed by atoms with E-state index >= 15 is 0 Å². The van der Waals surface area contributed by atoms with Crippen LogP contribution >= 0.6 is 0 Å². The Bertz CT molecular complexity index is 1660. The standard InChI is InChI=1S/C28H21F5N4O3/c29-18-5-6-19(21(30)9-18)16-7-20(25(40)34-27-12-26(13-27,14-27)10-23(38)39)24-22(8-16)35-36-37(24)11-15-1-3-17(4-2-15)28(31,32)33/h1-9H,10-14H2,(H,34,40)(H,38,39). The molecule has 3 aromatic carbocycles. The summed E-state index contributed by atoms with van der Waals surface area (Å²) < 4.78 is 68.5. The third kappa shape index (κ3) is 4.46. The Morgan fingerprint density at radius 2 is 1.70 bits per heavy atom. The number of rotatable bonds is 7. The predicted molar refractivity (Wildman–Crippen MR) is 132 cm³/mol. The Kier molecular flexibility index (Phi) is 5.72. The lowest BCUT2D eigenvalue weighted by Gasteiger charge is -2.70. The second kappa shape index (κ2) is 8.83. The Balaban J connectivity index is 1.37. The fraction of sp³-hybridized carbons (Fsp3) is 0.286. The average Bonchev–Trinajstić information content (AvgIpc) is 3.23. The molecule has 40 heavy (non-hydrogen) atoms. The molecule has 2 bridgehead atoms. The highest BCUT2D eigenvalue weighted by molar-refractivity contribution is 6.07. The molecule has 3 aliphatic rings. The van der Waals surface area contributed by atoms with Crippen molar-refractivity contribution >= 4 is 22.9 Å². The molecule has 7 nitrogen and oxygen atoms in total. The summed E-state index contributed by atoms with van der Waals surface area (Å²) in [6.45, 7) is 0.00599. The lowest BCUT2D eigenvalue weighted by atomic mass is 9.38. The molecule has 1 aromatic heterocycles. The van der Waals surface area contributed by atoms with Gasteiger partial charge in [-0.1, -0.05) is 17.3 Å². The van der Waals surface area contributed by atoms with E-state index in [9.17, 15) is 31.5 Å². The molecule has 4 aromatic rings. The van der Waals surface area contributed by atoms with Gasteiger partial charge in [-0.05, 0) is 72.2 Å². The molecule has 3 aliphatic carbocycles. The van der Waals surface area contributed by atoms with Crippen LogP contribution in [0.2, 0.25) is 0 Å². The summed E-state index contributed by atoms with van der Waals surface area (Å²) in [4.78, 5) is 24.8. The molecule has 12 heteroatoms. The van der Waals surface area contributed by atoms with Gasteiger partial charge in [-0.2, -0.15) is 13.2 Å². The van der Waals surface area contributed by atoms with Crippen LogP contribution in [0.3, 0.4) is 0 Å². The summed E-state index contributed by atoms with van der Waals surface area (Å²) in [6.07, 6.45) is -2.89. The lowest BCUT2D eigenvalue weighted by molar-refractivity contribution is -0.172. The summed E-state index contributed by atoms with van der Waals surface area (Å²) in [5, 5.41) is 20.4. The van der Waals surface area contributed by atoms with E-state index in [1.165, 1.54) is 35.0 Å². The number of benzene rings is 3. The number of aromatic nitrogens is 3.